The van der Waals surface area contributed by atoms with Crippen molar-refractivity contribution in [1.29, 1.82) is 0 Å². The molecule has 2 heterocycles. The van der Waals surface area contributed by atoms with Crippen molar-refractivity contribution in [3.05, 3.63) is 12.7 Å². The number of ether oxygens (including phenoxy) is 3. The minimum Gasteiger partial charge on any atom is -0.375 e. The highest BCUT2D eigenvalue weighted by atomic mass is 16.6. The zero-order valence-corrected chi connectivity index (χ0v) is 16.5. The average molecular weight is 364 g/mol. The first-order valence-electron chi connectivity index (χ1n) is 10.9. The molecule has 0 aromatic rings. The van der Waals surface area contributed by atoms with Gasteiger partial charge in [0.1, 0.15) is 6.10 Å². The van der Waals surface area contributed by atoms with Crippen molar-refractivity contribution in [2.45, 2.75) is 82.6 Å². The van der Waals surface area contributed by atoms with Gasteiger partial charge in [-0.25, -0.2) is 0 Å². The van der Waals surface area contributed by atoms with E-state index >= 15 is 0 Å². The Kier molecular flexibility index (Phi) is 6.04. The highest BCUT2D eigenvalue weighted by Gasteiger charge is 2.42. The molecule has 4 heteroatoms. The van der Waals surface area contributed by atoms with Crippen LogP contribution in [0.25, 0.3) is 0 Å². The number of rotatable bonds is 9. The molecule has 4 nitrogen and oxygen atoms in total. The molecule has 2 saturated carbocycles. The molecule has 4 fully saturated rings. The molecular weight excluding hydrogens is 326 g/mol. The number of nitrogens with one attached hydrogen (secondary N) is 1. The van der Waals surface area contributed by atoms with Crippen LogP contribution in [-0.2, 0) is 14.2 Å². The first-order valence-corrected chi connectivity index (χ1v) is 10.9. The molecule has 26 heavy (non-hydrogen) atoms. The smallest absolute Gasteiger partial charge is 0.104 e. The van der Waals surface area contributed by atoms with Crippen LogP contribution in [0.4, 0.5) is 0 Å². The molecule has 3 atom stereocenters. The molecule has 2 saturated heterocycles. The fourth-order valence-electron chi connectivity index (χ4n) is 5.33. The summed E-state index contributed by atoms with van der Waals surface area (Å²) in [5.41, 5.74) is 0.287. The van der Waals surface area contributed by atoms with E-state index in [4.69, 9.17) is 14.2 Å². The van der Waals surface area contributed by atoms with Crippen molar-refractivity contribution < 1.29 is 14.2 Å². The van der Waals surface area contributed by atoms with Crippen LogP contribution in [0.1, 0.15) is 58.3 Å². The van der Waals surface area contributed by atoms with Crippen LogP contribution in [0.15, 0.2) is 12.7 Å². The Balaban J connectivity index is 1.23. The molecule has 4 aliphatic rings. The van der Waals surface area contributed by atoms with E-state index in [9.17, 15) is 0 Å². The second-order valence-corrected chi connectivity index (χ2v) is 9.24. The summed E-state index contributed by atoms with van der Waals surface area (Å²) in [4.78, 5) is 0. The quantitative estimate of drug-likeness (QED) is 0.501. The topological polar surface area (TPSA) is 46.3 Å². The van der Waals surface area contributed by atoms with Gasteiger partial charge in [-0.15, -0.1) is 6.58 Å². The fraction of sp³-hybridized carbons (Fsp3) is 0.909. The first kappa shape index (κ1) is 18.9. The number of allylic oxidation sites excluding steroid dienone is 1. The molecule has 0 aromatic carbocycles. The van der Waals surface area contributed by atoms with Gasteiger partial charge in [0.15, 0.2) is 0 Å². The van der Waals surface area contributed by atoms with Gasteiger partial charge in [-0.3, -0.25) is 0 Å². The fourth-order valence-corrected chi connectivity index (χ4v) is 5.33. The van der Waals surface area contributed by atoms with Crippen molar-refractivity contribution >= 4 is 0 Å². The predicted octanol–water partition coefficient (Wildman–Crippen LogP) is 3.70. The maximum Gasteiger partial charge on any atom is 0.104 e. The summed E-state index contributed by atoms with van der Waals surface area (Å²) in [5, 5.41) is 3.71. The first-order chi connectivity index (χ1) is 12.7. The molecule has 1 N–H and O–H groups in total. The normalized spacial score (nSPS) is 42.0. The minimum atomic E-state index is 0.287. The third-order valence-corrected chi connectivity index (χ3v) is 7.56. The second-order valence-electron chi connectivity index (χ2n) is 9.24. The number of hydrogen-bond donors (Lipinski definition) is 1. The van der Waals surface area contributed by atoms with Gasteiger partial charge in [-0.05, 0) is 68.6 Å². The van der Waals surface area contributed by atoms with Crippen LogP contribution in [0.5, 0.6) is 0 Å². The average Bonchev–Trinajstić information content (AvgIpc) is 3.59. The van der Waals surface area contributed by atoms with E-state index in [1.165, 1.54) is 51.4 Å². The Morgan fingerprint density at radius 1 is 0.962 bits per heavy atom. The standard InChI is InChI=1S/C22H37NO3/c1-3-22(2,16-4-8-18(9-5-16)23-12-20-13-25-20)17-6-10-19(11-7-17)24-14-21-15-26-21/h3,16-21,23H,1,4-15H2,2H3. The summed E-state index contributed by atoms with van der Waals surface area (Å²) < 4.78 is 16.6. The van der Waals surface area contributed by atoms with Gasteiger partial charge in [0.25, 0.3) is 0 Å². The Bertz CT molecular complexity index is 422. The van der Waals surface area contributed by atoms with E-state index in [1.54, 1.807) is 0 Å². The van der Waals surface area contributed by atoms with Crippen LogP contribution >= 0.6 is 0 Å². The summed E-state index contributed by atoms with van der Waals surface area (Å²) >= 11 is 0. The number of epoxide rings is 2. The van der Waals surface area contributed by atoms with Gasteiger partial charge in [0, 0.05) is 12.6 Å². The molecule has 2 aliphatic carbocycles. The van der Waals surface area contributed by atoms with E-state index < -0.39 is 0 Å². The summed E-state index contributed by atoms with van der Waals surface area (Å²) in [6.45, 7) is 10.5. The lowest BCUT2D eigenvalue weighted by Crippen LogP contribution is -2.42. The Labute approximate surface area is 159 Å². The molecule has 0 radical (unpaired) electrons. The lowest BCUT2D eigenvalue weighted by atomic mass is 9.59. The lowest BCUT2D eigenvalue weighted by molar-refractivity contribution is -0.0132. The molecule has 0 amide bonds. The Hall–Kier alpha value is -0.420. The van der Waals surface area contributed by atoms with Crippen molar-refractivity contribution in [2.75, 3.05) is 26.4 Å². The van der Waals surface area contributed by atoms with Crippen LogP contribution in [0.2, 0.25) is 0 Å². The van der Waals surface area contributed by atoms with Crippen LogP contribution in [-0.4, -0.2) is 50.7 Å². The second kappa shape index (κ2) is 8.30. The third kappa shape index (κ3) is 4.70. The van der Waals surface area contributed by atoms with Crippen molar-refractivity contribution in [2.24, 2.45) is 17.3 Å². The van der Waals surface area contributed by atoms with E-state index in [0.29, 0.717) is 24.4 Å². The van der Waals surface area contributed by atoms with Gasteiger partial charge in [-0.2, -0.15) is 0 Å². The SMILES string of the molecule is C=CC(C)(C1CCC(NCC2CO2)CC1)C1CCC(OCC2CO2)CC1. The molecule has 0 bridgehead atoms. The highest BCUT2D eigenvalue weighted by Crippen LogP contribution is 2.49. The molecule has 0 spiro atoms. The summed E-state index contributed by atoms with van der Waals surface area (Å²) in [6, 6.07) is 0.693. The van der Waals surface area contributed by atoms with Crippen LogP contribution in [0.3, 0.4) is 0 Å². The zero-order chi connectivity index (χ0) is 18.0. The highest BCUT2D eigenvalue weighted by molar-refractivity contribution is 5.03. The molecular formula is C22H37NO3. The monoisotopic (exact) mass is 363 g/mol. The van der Waals surface area contributed by atoms with Gasteiger partial charge < -0.3 is 19.5 Å². The largest absolute Gasteiger partial charge is 0.375 e. The van der Waals surface area contributed by atoms with Gasteiger partial charge in [0.05, 0.1) is 32.0 Å². The molecule has 0 aromatic heterocycles. The Morgan fingerprint density at radius 2 is 1.54 bits per heavy atom. The van der Waals surface area contributed by atoms with Gasteiger partial charge in [0.2, 0.25) is 0 Å². The third-order valence-electron chi connectivity index (χ3n) is 7.56. The minimum absolute atomic E-state index is 0.287. The maximum atomic E-state index is 6.04. The lowest BCUT2D eigenvalue weighted by Gasteiger charge is -2.47. The molecule has 2 aliphatic heterocycles. The summed E-state index contributed by atoms with van der Waals surface area (Å²) in [6.07, 6.45) is 13.9. The van der Waals surface area contributed by atoms with E-state index in [1.807, 2.05) is 0 Å². The van der Waals surface area contributed by atoms with Crippen molar-refractivity contribution in [1.82, 2.24) is 5.32 Å². The van der Waals surface area contributed by atoms with Crippen LogP contribution < -0.4 is 5.32 Å². The van der Waals surface area contributed by atoms with Crippen molar-refractivity contribution in [3.63, 3.8) is 0 Å². The number of hydrogen-bond acceptors (Lipinski definition) is 4. The van der Waals surface area contributed by atoms with E-state index in [2.05, 4.69) is 24.9 Å². The van der Waals surface area contributed by atoms with Crippen LogP contribution in [0, 0.1) is 17.3 Å². The van der Waals surface area contributed by atoms with Gasteiger partial charge >= 0.3 is 0 Å². The Morgan fingerprint density at radius 3 is 2.08 bits per heavy atom. The summed E-state index contributed by atoms with van der Waals surface area (Å²) in [5.74, 6) is 1.56. The zero-order valence-electron chi connectivity index (χ0n) is 16.5. The molecule has 3 unspecified atom stereocenters. The molecule has 4 rings (SSSR count). The van der Waals surface area contributed by atoms with E-state index in [-0.39, 0.29) is 5.41 Å². The van der Waals surface area contributed by atoms with Gasteiger partial charge in [-0.1, -0.05) is 13.0 Å². The summed E-state index contributed by atoms with van der Waals surface area (Å²) in [7, 11) is 0. The molecule has 148 valence electrons. The predicted molar refractivity (Wildman–Crippen MR) is 103 cm³/mol. The van der Waals surface area contributed by atoms with E-state index in [0.717, 1.165) is 38.2 Å². The maximum absolute atomic E-state index is 6.04. The van der Waals surface area contributed by atoms with Crippen molar-refractivity contribution in [3.8, 4) is 0 Å².